The molecule has 0 aliphatic heterocycles. The highest BCUT2D eigenvalue weighted by Gasteiger charge is 2.00. The van der Waals surface area contributed by atoms with Crippen molar-refractivity contribution in [2.45, 2.75) is 0 Å². The third-order valence-electron chi connectivity index (χ3n) is 1.64. The molecule has 0 fully saturated rings. The fourth-order valence-corrected chi connectivity index (χ4v) is 1.22. The SMILES string of the molecule is COc1ccc(C=NOCC(=O)O)cc1Cl. The van der Waals surface area contributed by atoms with E-state index in [0.29, 0.717) is 16.3 Å². The van der Waals surface area contributed by atoms with Crippen LogP contribution < -0.4 is 4.74 Å². The molecule has 0 amide bonds. The van der Waals surface area contributed by atoms with Crippen molar-refractivity contribution in [2.24, 2.45) is 5.16 Å². The van der Waals surface area contributed by atoms with Crippen LogP contribution in [0.5, 0.6) is 5.75 Å². The minimum Gasteiger partial charge on any atom is -0.495 e. The molecule has 1 aromatic rings. The maximum absolute atomic E-state index is 10.1. The maximum Gasteiger partial charge on any atom is 0.344 e. The van der Waals surface area contributed by atoms with E-state index >= 15 is 0 Å². The number of nitrogens with zero attached hydrogens (tertiary/aromatic N) is 1. The Morgan fingerprint density at radius 1 is 1.62 bits per heavy atom. The smallest absolute Gasteiger partial charge is 0.344 e. The van der Waals surface area contributed by atoms with Crippen molar-refractivity contribution in [3.63, 3.8) is 0 Å². The number of rotatable bonds is 5. The van der Waals surface area contributed by atoms with Gasteiger partial charge in [-0.2, -0.15) is 0 Å². The Morgan fingerprint density at radius 3 is 2.94 bits per heavy atom. The van der Waals surface area contributed by atoms with E-state index in [9.17, 15) is 4.79 Å². The molecule has 0 heterocycles. The molecule has 1 rings (SSSR count). The van der Waals surface area contributed by atoms with Crippen LogP contribution >= 0.6 is 11.6 Å². The summed E-state index contributed by atoms with van der Waals surface area (Å²) in [7, 11) is 1.52. The van der Waals surface area contributed by atoms with Gasteiger partial charge in [-0.25, -0.2) is 4.79 Å². The first-order valence-corrected chi connectivity index (χ1v) is 4.72. The number of methoxy groups -OCH3 is 1. The largest absolute Gasteiger partial charge is 0.495 e. The first kappa shape index (κ1) is 12.3. The van der Waals surface area contributed by atoms with Gasteiger partial charge in [-0.05, 0) is 23.8 Å². The van der Waals surface area contributed by atoms with E-state index in [-0.39, 0.29) is 0 Å². The average molecular weight is 244 g/mol. The number of oxime groups is 1. The van der Waals surface area contributed by atoms with Gasteiger partial charge >= 0.3 is 5.97 Å². The summed E-state index contributed by atoms with van der Waals surface area (Å²) in [5, 5.41) is 12.2. The van der Waals surface area contributed by atoms with Gasteiger partial charge in [-0.1, -0.05) is 16.8 Å². The van der Waals surface area contributed by atoms with E-state index in [1.165, 1.54) is 13.3 Å². The first-order valence-electron chi connectivity index (χ1n) is 4.34. The lowest BCUT2D eigenvalue weighted by Crippen LogP contribution is -2.03. The van der Waals surface area contributed by atoms with E-state index in [1.54, 1.807) is 18.2 Å². The molecule has 16 heavy (non-hydrogen) atoms. The van der Waals surface area contributed by atoms with Crippen LogP contribution in [0.2, 0.25) is 5.02 Å². The number of halogens is 1. The number of carboxylic acid groups (broad SMARTS) is 1. The van der Waals surface area contributed by atoms with Gasteiger partial charge in [0.2, 0.25) is 6.61 Å². The number of carbonyl (C=O) groups is 1. The highest BCUT2D eigenvalue weighted by molar-refractivity contribution is 6.32. The summed E-state index contributed by atoms with van der Waals surface area (Å²) >= 11 is 5.87. The number of ether oxygens (including phenoxy) is 1. The lowest BCUT2D eigenvalue weighted by molar-refractivity contribution is -0.142. The third-order valence-corrected chi connectivity index (χ3v) is 1.94. The van der Waals surface area contributed by atoms with Crippen LogP contribution in [0, 0.1) is 0 Å². The Hall–Kier alpha value is -1.75. The maximum atomic E-state index is 10.1. The minimum absolute atomic E-state index is 0.449. The van der Waals surface area contributed by atoms with Crippen LogP contribution in [0.15, 0.2) is 23.4 Å². The van der Waals surface area contributed by atoms with Crippen molar-refractivity contribution in [1.82, 2.24) is 0 Å². The van der Waals surface area contributed by atoms with Crippen LogP contribution in [0.4, 0.5) is 0 Å². The average Bonchev–Trinajstić information content (AvgIpc) is 2.24. The van der Waals surface area contributed by atoms with Crippen molar-refractivity contribution in [1.29, 1.82) is 0 Å². The number of aliphatic carboxylic acids is 1. The molecular weight excluding hydrogens is 234 g/mol. The van der Waals surface area contributed by atoms with Gasteiger partial charge in [0.25, 0.3) is 0 Å². The van der Waals surface area contributed by atoms with Crippen molar-refractivity contribution in [3.8, 4) is 5.75 Å². The Balaban J connectivity index is 2.61. The highest BCUT2D eigenvalue weighted by Crippen LogP contribution is 2.24. The molecule has 0 saturated carbocycles. The number of hydrogen-bond acceptors (Lipinski definition) is 4. The number of benzene rings is 1. The zero-order chi connectivity index (χ0) is 12.0. The normalized spacial score (nSPS) is 10.4. The molecule has 0 aliphatic rings. The van der Waals surface area contributed by atoms with E-state index in [1.807, 2.05) is 0 Å². The predicted octanol–water partition coefficient (Wildman–Crippen LogP) is 1.78. The van der Waals surface area contributed by atoms with Gasteiger partial charge in [0.15, 0.2) is 0 Å². The van der Waals surface area contributed by atoms with E-state index in [2.05, 4.69) is 9.99 Å². The summed E-state index contributed by atoms with van der Waals surface area (Å²) in [6.07, 6.45) is 1.37. The summed E-state index contributed by atoms with van der Waals surface area (Å²) in [5.74, 6) is -0.518. The lowest BCUT2D eigenvalue weighted by Gasteiger charge is -2.02. The molecule has 5 nitrogen and oxygen atoms in total. The second kappa shape index (κ2) is 5.97. The van der Waals surface area contributed by atoms with Crippen molar-refractivity contribution < 1.29 is 19.5 Å². The highest BCUT2D eigenvalue weighted by atomic mass is 35.5. The Labute approximate surface area is 97.2 Å². The van der Waals surface area contributed by atoms with Gasteiger partial charge in [0, 0.05) is 0 Å². The summed E-state index contributed by atoms with van der Waals surface area (Å²) in [6.45, 7) is -0.472. The Morgan fingerprint density at radius 2 is 2.38 bits per heavy atom. The van der Waals surface area contributed by atoms with Gasteiger partial charge in [0.05, 0.1) is 18.3 Å². The molecule has 0 spiro atoms. The van der Waals surface area contributed by atoms with Crippen LogP contribution in [-0.2, 0) is 9.63 Å². The van der Waals surface area contributed by atoms with Crippen molar-refractivity contribution in [3.05, 3.63) is 28.8 Å². The molecule has 0 aromatic heterocycles. The Bertz CT molecular complexity index is 406. The third kappa shape index (κ3) is 3.78. The number of hydrogen-bond donors (Lipinski definition) is 1. The van der Waals surface area contributed by atoms with Gasteiger partial charge in [-0.15, -0.1) is 0 Å². The summed E-state index contributed by atoms with van der Waals surface area (Å²) in [5.41, 5.74) is 0.691. The Kier molecular flexibility index (Phi) is 4.60. The van der Waals surface area contributed by atoms with Crippen LogP contribution in [-0.4, -0.2) is 31.0 Å². The fraction of sp³-hybridized carbons (Fsp3) is 0.200. The second-order valence-corrected chi connectivity index (χ2v) is 3.20. The molecule has 0 bridgehead atoms. The van der Waals surface area contributed by atoms with E-state index in [0.717, 1.165) is 0 Å². The minimum atomic E-state index is -1.08. The molecule has 6 heteroatoms. The van der Waals surface area contributed by atoms with Crippen LogP contribution in [0.3, 0.4) is 0 Å². The molecule has 0 saturated heterocycles. The van der Waals surface area contributed by atoms with E-state index < -0.39 is 12.6 Å². The molecule has 0 unspecified atom stereocenters. The van der Waals surface area contributed by atoms with Gasteiger partial charge in [-0.3, -0.25) is 0 Å². The zero-order valence-electron chi connectivity index (χ0n) is 8.51. The van der Waals surface area contributed by atoms with Crippen molar-refractivity contribution >= 4 is 23.8 Å². The zero-order valence-corrected chi connectivity index (χ0v) is 9.27. The van der Waals surface area contributed by atoms with Crippen LogP contribution in [0.1, 0.15) is 5.56 Å². The second-order valence-electron chi connectivity index (χ2n) is 2.80. The van der Waals surface area contributed by atoms with Crippen LogP contribution in [0.25, 0.3) is 0 Å². The summed E-state index contributed by atoms with van der Waals surface area (Å²) < 4.78 is 4.97. The number of carboxylic acids is 1. The molecule has 0 atom stereocenters. The lowest BCUT2D eigenvalue weighted by atomic mass is 10.2. The topological polar surface area (TPSA) is 68.1 Å². The first-order chi connectivity index (χ1) is 7.63. The monoisotopic (exact) mass is 243 g/mol. The molecule has 1 aromatic carbocycles. The quantitative estimate of drug-likeness (QED) is 0.632. The standard InChI is InChI=1S/C10H10ClNO4/c1-15-9-3-2-7(4-8(9)11)5-12-16-6-10(13)14/h2-5H,6H2,1H3,(H,13,14). The van der Waals surface area contributed by atoms with Gasteiger partial charge in [0.1, 0.15) is 5.75 Å². The van der Waals surface area contributed by atoms with Crippen molar-refractivity contribution in [2.75, 3.05) is 13.7 Å². The molecular formula is C10H10ClNO4. The molecule has 0 radical (unpaired) electrons. The summed E-state index contributed by atoms with van der Waals surface area (Å²) in [6, 6.07) is 5.03. The summed E-state index contributed by atoms with van der Waals surface area (Å²) in [4.78, 5) is 14.6. The van der Waals surface area contributed by atoms with Gasteiger partial charge < -0.3 is 14.7 Å². The predicted molar refractivity (Wildman–Crippen MR) is 59.2 cm³/mol. The van der Waals surface area contributed by atoms with E-state index in [4.69, 9.17) is 21.4 Å². The molecule has 1 N–H and O–H groups in total. The molecule has 0 aliphatic carbocycles. The molecule has 86 valence electrons. The fourth-order valence-electron chi connectivity index (χ4n) is 0.954.